The van der Waals surface area contributed by atoms with Crippen molar-refractivity contribution in [2.75, 3.05) is 35.2 Å². The summed E-state index contributed by atoms with van der Waals surface area (Å²) >= 11 is 0. The molecule has 0 saturated heterocycles. The van der Waals surface area contributed by atoms with E-state index in [2.05, 4.69) is 16.4 Å². The van der Waals surface area contributed by atoms with E-state index in [0.717, 1.165) is 0 Å². The SMILES string of the molecule is C.CN.CNC.CNC. The number of nitrogens with two attached hydrogens (primary N) is 1. The molecule has 0 heterocycles. The second-order valence-corrected chi connectivity index (χ2v) is 1.00. The first-order valence-corrected chi connectivity index (χ1v) is 2.58. The molecule has 0 radical (unpaired) electrons. The summed E-state index contributed by atoms with van der Waals surface area (Å²) < 4.78 is 0. The Hall–Kier alpha value is -0.120. The van der Waals surface area contributed by atoms with Crippen molar-refractivity contribution >= 4 is 0 Å². The molecule has 9 heavy (non-hydrogen) atoms. The Bertz CT molecular complexity index is 10.3. The van der Waals surface area contributed by atoms with Crippen molar-refractivity contribution in [3.8, 4) is 0 Å². The van der Waals surface area contributed by atoms with Crippen LogP contribution in [0.5, 0.6) is 0 Å². The van der Waals surface area contributed by atoms with Gasteiger partial charge in [0.1, 0.15) is 0 Å². The van der Waals surface area contributed by atoms with Crippen molar-refractivity contribution in [1.82, 2.24) is 10.6 Å². The number of rotatable bonds is 0. The minimum absolute atomic E-state index is 0. The molecule has 0 aliphatic heterocycles. The minimum Gasteiger partial charge on any atom is -0.333 e. The maximum absolute atomic E-state index is 4.50. The summed E-state index contributed by atoms with van der Waals surface area (Å²) in [4.78, 5) is 0. The fraction of sp³-hybridized carbons (Fsp3) is 1.00. The molecular formula is C6H23N3. The summed E-state index contributed by atoms with van der Waals surface area (Å²) in [6, 6.07) is 0. The molecule has 0 fully saturated rings. The zero-order valence-electron chi connectivity index (χ0n) is 6.58. The average molecular weight is 137 g/mol. The zero-order valence-corrected chi connectivity index (χ0v) is 6.58. The van der Waals surface area contributed by atoms with Crippen LogP contribution in [0.15, 0.2) is 0 Å². The largest absolute Gasteiger partial charge is 0.333 e. The van der Waals surface area contributed by atoms with Gasteiger partial charge in [0.05, 0.1) is 0 Å². The lowest BCUT2D eigenvalue weighted by Gasteiger charge is -1.59. The number of hydrogen-bond donors (Lipinski definition) is 3. The van der Waals surface area contributed by atoms with Gasteiger partial charge in [-0.1, -0.05) is 7.43 Å². The van der Waals surface area contributed by atoms with Crippen molar-refractivity contribution in [3.63, 3.8) is 0 Å². The first-order valence-electron chi connectivity index (χ1n) is 2.58. The van der Waals surface area contributed by atoms with E-state index in [4.69, 9.17) is 0 Å². The Morgan fingerprint density at radius 1 is 0.778 bits per heavy atom. The Balaban J connectivity index is -0.0000000202. The molecule has 0 aromatic heterocycles. The van der Waals surface area contributed by atoms with E-state index >= 15 is 0 Å². The van der Waals surface area contributed by atoms with Crippen LogP contribution in [0, 0.1) is 0 Å². The van der Waals surface area contributed by atoms with E-state index in [0.29, 0.717) is 0 Å². The molecule has 4 N–H and O–H groups in total. The van der Waals surface area contributed by atoms with Crippen LogP contribution in [-0.2, 0) is 0 Å². The van der Waals surface area contributed by atoms with Crippen molar-refractivity contribution in [1.29, 1.82) is 0 Å². The van der Waals surface area contributed by atoms with Gasteiger partial charge in [-0.25, -0.2) is 0 Å². The van der Waals surface area contributed by atoms with Crippen LogP contribution in [0.3, 0.4) is 0 Å². The number of hydrogen-bond acceptors (Lipinski definition) is 3. The van der Waals surface area contributed by atoms with E-state index in [1.165, 1.54) is 7.05 Å². The molecule has 0 aromatic rings. The zero-order chi connectivity index (χ0) is 7.41. The summed E-state index contributed by atoms with van der Waals surface area (Å²) in [6.07, 6.45) is 0. The molecule has 0 saturated carbocycles. The summed E-state index contributed by atoms with van der Waals surface area (Å²) in [5, 5.41) is 5.50. The lowest BCUT2D eigenvalue weighted by Crippen LogP contribution is -1.89. The van der Waals surface area contributed by atoms with Gasteiger partial charge in [-0.3, -0.25) is 0 Å². The topological polar surface area (TPSA) is 50.1 Å². The summed E-state index contributed by atoms with van der Waals surface area (Å²) in [5.41, 5.74) is 4.50. The Kier molecular flexibility index (Phi) is 272. The lowest BCUT2D eigenvalue weighted by molar-refractivity contribution is 1.02. The first kappa shape index (κ1) is 23.2. The van der Waals surface area contributed by atoms with Gasteiger partial charge < -0.3 is 16.4 Å². The highest BCUT2D eigenvalue weighted by Crippen LogP contribution is 0.984. The van der Waals surface area contributed by atoms with Crippen LogP contribution in [0.4, 0.5) is 0 Å². The van der Waals surface area contributed by atoms with Crippen LogP contribution in [0.2, 0.25) is 0 Å². The highest BCUT2D eigenvalue weighted by Gasteiger charge is 1.26. The van der Waals surface area contributed by atoms with Crippen LogP contribution >= 0.6 is 0 Å². The molecule has 0 aliphatic rings. The third-order valence-electron chi connectivity index (χ3n) is 0. The smallest absolute Gasteiger partial charge is 0.0167 e. The molecule has 0 bridgehead atoms. The van der Waals surface area contributed by atoms with Crippen LogP contribution in [-0.4, -0.2) is 35.2 Å². The lowest BCUT2D eigenvalue weighted by atomic mass is 11.3. The summed E-state index contributed by atoms with van der Waals surface area (Å²) in [6.45, 7) is 0. The maximum Gasteiger partial charge on any atom is -0.0167 e. The second kappa shape index (κ2) is 106. The quantitative estimate of drug-likeness (QED) is 0.436. The average Bonchev–Trinajstić information content (AvgIpc) is 1.75. The normalized spacial score (nSPS) is 4.67. The van der Waals surface area contributed by atoms with E-state index in [9.17, 15) is 0 Å². The van der Waals surface area contributed by atoms with Gasteiger partial charge >= 0.3 is 0 Å². The van der Waals surface area contributed by atoms with Crippen LogP contribution in [0.1, 0.15) is 7.43 Å². The van der Waals surface area contributed by atoms with Gasteiger partial charge in [-0.15, -0.1) is 0 Å². The van der Waals surface area contributed by atoms with E-state index in [-0.39, 0.29) is 7.43 Å². The fourth-order valence-corrected chi connectivity index (χ4v) is 0. The van der Waals surface area contributed by atoms with Gasteiger partial charge in [0.2, 0.25) is 0 Å². The van der Waals surface area contributed by atoms with Crippen LogP contribution in [0.25, 0.3) is 0 Å². The van der Waals surface area contributed by atoms with Crippen molar-refractivity contribution in [2.24, 2.45) is 5.73 Å². The molecule has 62 valence electrons. The monoisotopic (exact) mass is 137 g/mol. The molecule has 3 heteroatoms. The Labute approximate surface area is 60.0 Å². The highest BCUT2D eigenvalue weighted by atomic mass is 14.7. The molecule has 0 atom stereocenters. The van der Waals surface area contributed by atoms with Gasteiger partial charge in [0, 0.05) is 0 Å². The molecule has 0 rings (SSSR count). The Morgan fingerprint density at radius 2 is 0.778 bits per heavy atom. The third kappa shape index (κ3) is 18900. The van der Waals surface area contributed by atoms with Crippen LogP contribution < -0.4 is 16.4 Å². The van der Waals surface area contributed by atoms with E-state index < -0.39 is 0 Å². The molecule has 0 aliphatic carbocycles. The Morgan fingerprint density at radius 3 is 0.778 bits per heavy atom. The summed E-state index contributed by atoms with van der Waals surface area (Å²) in [5.74, 6) is 0. The van der Waals surface area contributed by atoms with Crippen molar-refractivity contribution < 1.29 is 0 Å². The van der Waals surface area contributed by atoms with Crippen molar-refractivity contribution in [3.05, 3.63) is 0 Å². The van der Waals surface area contributed by atoms with E-state index in [1.54, 1.807) is 0 Å². The summed E-state index contributed by atoms with van der Waals surface area (Å²) in [7, 11) is 9.00. The van der Waals surface area contributed by atoms with Gasteiger partial charge in [-0.2, -0.15) is 0 Å². The first-order chi connectivity index (χ1) is 3.83. The maximum atomic E-state index is 4.50. The molecule has 0 spiro atoms. The highest BCUT2D eigenvalue weighted by molar-refractivity contribution is 3.91. The predicted octanol–water partition coefficient (Wildman–Crippen LogP) is -0.118. The standard InChI is InChI=1S/2C2H7N.CH5N.CH4/c2*1-3-2;1-2;/h2*3H,1-2H3;2H2,1H3;1H4. The van der Waals surface area contributed by atoms with Crippen molar-refractivity contribution in [2.45, 2.75) is 7.43 Å². The van der Waals surface area contributed by atoms with Gasteiger partial charge in [0.25, 0.3) is 0 Å². The third-order valence-corrected chi connectivity index (χ3v) is 0. The molecule has 0 aromatic carbocycles. The molecule has 0 unspecified atom stereocenters. The number of nitrogens with one attached hydrogen (secondary N) is 2. The molecule has 3 nitrogen and oxygen atoms in total. The minimum atomic E-state index is 0. The fourth-order valence-electron chi connectivity index (χ4n) is 0. The van der Waals surface area contributed by atoms with Gasteiger partial charge in [0.15, 0.2) is 0 Å². The molecule has 0 amide bonds. The predicted molar refractivity (Wildman–Crippen MR) is 46.8 cm³/mol. The van der Waals surface area contributed by atoms with E-state index in [1.807, 2.05) is 28.2 Å². The van der Waals surface area contributed by atoms with Gasteiger partial charge in [-0.05, 0) is 35.2 Å². The molecular weight excluding hydrogens is 114 g/mol. The second-order valence-electron chi connectivity index (χ2n) is 1.00.